The first-order valence-electron chi connectivity index (χ1n) is 6.15. The van der Waals surface area contributed by atoms with E-state index in [1.54, 1.807) is 0 Å². The van der Waals surface area contributed by atoms with Gasteiger partial charge in [-0.2, -0.15) is 13.2 Å². The molecule has 0 spiro atoms. The van der Waals surface area contributed by atoms with Gasteiger partial charge in [0.2, 0.25) is 0 Å². The monoisotopic (exact) mass is 290 g/mol. The smallest absolute Gasteiger partial charge is 0.388 e. The number of aliphatic hydroxyl groups is 2. The van der Waals surface area contributed by atoms with Crippen molar-refractivity contribution in [1.82, 2.24) is 0 Å². The van der Waals surface area contributed by atoms with E-state index in [2.05, 4.69) is 0 Å². The number of aliphatic hydroxyl groups excluding tert-OH is 2. The Balaban J connectivity index is 2.07. The number of rotatable bonds is 1. The molecular weight excluding hydrogens is 277 g/mol. The first kappa shape index (κ1) is 13.8. The van der Waals surface area contributed by atoms with Gasteiger partial charge in [0.1, 0.15) is 23.9 Å². The second kappa shape index (κ2) is 4.42. The Morgan fingerprint density at radius 1 is 1.20 bits per heavy atom. The van der Waals surface area contributed by atoms with E-state index in [1.165, 1.54) is 12.1 Å². The van der Waals surface area contributed by atoms with Gasteiger partial charge >= 0.3 is 6.18 Å². The van der Waals surface area contributed by atoms with Crippen LogP contribution in [0.5, 0.6) is 0 Å². The summed E-state index contributed by atoms with van der Waals surface area (Å²) < 4.78 is 49.1. The number of benzene rings is 1. The summed E-state index contributed by atoms with van der Waals surface area (Å²) in [5.41, 5.74) is -2.09. The van der Waals surface area contributed by atoms with Crippen LogP contribution in [0.4, 0.5) is 13.2 Å². The van der Waals surface area contributed by atoms with Crippen molar-refractivity contribution in [3.63, 3.8) is 0 Å². The highest BCUT2D eigenvalue weighted by molar-refractivity contribution is 5.34. The summed E-state index contributed by atoms with van der Waals surface area (Å²) in [6.07, 6.45) is -7.43. The second-order valence-electron chi connectivity index (χ2n) is 5.02. The number of hydrogen-bond donors (Lipinski definition) is 2. The van der Waals surface area contributed by atoms with E-state index in [4.69, 9.17) is 9.47 Å². The van der Waals surface area contributed by atoms with Crippen LogP contribution < -0.4 is 0 Å². The van der Waals surface area contributed by atoms with Crippen molar-refractivity contribution in [2.45, 2.75) is 30.1 Å². The Labute approximate surface area is 112 Å². The quantitative estimate of drug-likeness (QED) is 0.812. The lowest BCUT2D eigenvalue weighted by Crippen LogP contribution is -2.44. The van der Waals surface area contributed by atoms with Crippen LogP contribution in [-0.4, -0.2) is 41.7 Å². The molecule has 0 bridgehead atoms. The summed E-state index contributed by atoms with van der Waals surface area (Å²) >= 11 is 0. The molecule has 2 aliphatic heterocycles. The van der Waals surface area contributed by atoms with Gasteiger partial charge in [-0.3, -0.25) is 0 Å². The van der Waals surface area contributed by atoms with Crippen molar-refractivity contribution < 1.29 is 32.9 Å². The van der Waals surface area contributed by atoms with E-state index in [-0.39, 0.29) is 18.8 Å². The molecule has 110 valence electrons. The zero-order valence-corrected chi connectivity index (χ0v) is 10.3. The van der Waals surface area contributed by atoms with E-state index in [1.807, 2.05) is 0 Å². The molecule has 2 fully saturated rings. The maximum Gasteiger partial charge on any atom is 0.416 e. The van der Waals surface area contributed by atoms with E-state index < -0.39 is 35.7 Å². The summed E-state index contributed by atoms with van der Waals surface area (Å²) in [5, 5.41) is 19.9. The Morgan fingerprint density at radius 3 is 2.65 bits per heavy atom. The topological polar surface area (TPSA) is 58.9 Å². The van der Waals surface area contributed by atoms with Crippen molar-refractivity contribution in [1.29, 1.82) is 0 Å². The third-order valence-corrected chi connectivity index (χ3v) is 3.83. The molecule has 1 aromatic rings. The molecule has 0 amide bonds. The summed E-state index contributed by atoms with van der Waals surface area (Å²) in [4.78, 5) is 0. The maximum atomic E-state index is 12.8. The van der Waals surface area contributed by atoms with Gasteiger partial charge in [0.05, 0.1) is 18.8 Å². The molecule has 3 rings (SSSR count). The molecule has 2 N–H and O–H groups in total. The van der Waals surface area contributed by atoms with Crippen molar-refractivity contribution in [2.24, 2.45) is 0 Å². The summed E-state index contributed by atoms with van der Waals surface area (Å²) in [5.74, 6) is 0. The highest BCUT2D eigenvalue weighted by Crippen LogP contribution is 2.46. The van der Waals surface area contributed by atoms with Gasteiger partial charge in [0.15, 0.2) is 0 Å². The second-order valence-corrected chi connectivity index (χ2v) is 5.02. The summed E-state index contributed by atoms with van der Waals surface area (Å²) in [6.45, 7) is -0.171. The number of fused-ring (bicyclic) bond motifs is 1. The van der Waals surface area contributed by atoms with E-state index >= 15 is 0 Å². The molecule has 1 aromatic carbocycles. The van der Waals surface area contributed by atoms with Crippen LogP contribution in [0.25, 0.3) is 0 Å². The van der Waals surface area contributed by atoms with Gasteiger partial charge in [-0.05, 0) is 17.7 Å². The van der Waals surface area contributed by atoms with E-state index in [9.17, 15) is 23.4 Å². The Hall–Kier alpha value is -1.15. The molecule has 20 heavy (non-hydrogen) atoms. The third kappa shape index (κ3) is 1.85. The lowest BCUT2D eigenvalue weighted by atomic mass is 9.84. The molecule has 2 heterocycles. The van der Waals surface area contributed by atoms with Crippen molar-refractivity contribution >= 4 is 0 Å². The molecular formula is C13H13F3O4. The van der Waals surface area contributed by atoms with Crippen LogP contribution in [0.15, 0.2) is 24.3 Å². The SMILES string of the molecule is O[C@@H]1CO[C@@]2(c3cccc(C(F)(F)F)c3)[C@@H]1OC[C@@H]2O. The fraction of sp³-hybridized carbons (Fsp3) is 0.538. The predicted molar refractivity (Wildman–Crippen MR) is 60.8 cm³/mol. The number of halogens is 3. The summed E-state index contributed by atoms with van der Waals surface area (Å²) in [6, 6.07) is 4.58. The first-order valence-corrected chi connectivity index (χ1v) is 6.15. The van der Waals surface area contributed by atoms with Crippen LogP contribution in [-0.2, 0) is 21.3 Å². The highest BCUT2D eigenvalue weighted by atomic mass is 19.4. The van der Waals surface area contributed by atoms with Crippen molar-refractivity contribution in [2.75, 3.05) is 13.2 Å². The number of ether oxygens (including phenoxy) is 2. The zero-order valence-electron chi connectivity index (χ0n) is 10.3. The molecule has 0 aromatic heterocycles. The van der Waals surface area contributed by atoms with Gasteiger partial charge < -0.3 is 19.7 Å². The largest absolute Gasteiger partial charge is 0.416 e. The fourth-order valence-corrected chi connectivity index (χ4v) is 2.90. The van der Waals surface area contributed by atoms with Gasteiger partial charge in [0.25, 0.3) is 0 Å². The Kier molecular flexibility index (Phi) is 3.06. The molecule has 0 saturated carbocycles. The first-order chi connectivity index (χ1) is 9.35. The molecule has 2 saturated heterocycles. The molecule has 0 aliphatic carbocycles. The highest BCUT2D eigenvalue weighted by Gasteiger charge is 2.60. The molecule has 4 nitrogen and oxygen atoms in total. The predicted octanol–water partition coefficient (Wildman–Crippen LogP) is 1.05. The lowest BCUT2D eigenvalue weighted by Gasteiger charge is -2.31. The average molecular weight is 290 g/mol. The van der Waals surface area contributed by atoms with Crippen LogP contribution in [0.2, 0.25) is 0 Å². The zero-order chi connectivity index (χ0) is 14.5. The molecule has 2 aliphatic rings. The van der Waals surface area contributed by atoms with Crippen LogP contribution in [0.3, 0.4) is 0 Å². The average Bonchev–Trinajstić information content (AvgIpc) is 2.90. The van der Waals surface area contributed by atoms with Crippen LogP contribution in [0.1, 0.15) is 11.1 Å². The standard InChI is InChI=1S/C13H13F3O4/c14-13(15,16)8-3-1-2-7(4-8)12-10(18)6-19-11(12)9(17)5-20-12/h1-4,9-11,17-18H,5-6H2/t9-,10+,11-,12-/m1/s1. The van der Waals surface area contributed by atoms with Gasteiger partial charge in [-0.15, -0.1) is 0 Å². The molecule has 0 radical (unpaired) electrons. The molecule has 4 atom stereocenters. The van der Waals surface area contributed by atoms with E-state index in [0.29, 0.717) is 0 Å². The summed E-state index contributed by atoms with van der Waals surface area (Å²) in [7, 11) is 0. The molecule has 0 unspecified atom stereocenters. The fourth-order valence-electron chi connectivity index (χ4n) is 2.90. The van der Waals surface area contributed by atoms with Crippen molar-refractivity contribution in [3.05, 3.63) is 35.4 Å². The lowest BCUT2D eigenvalue weighted by molar-refractivity contribution is -0.138. The van der Waals surface area contributed by atoms with Crippen LogP contribution >= 0.6 is 0 Å². The van der Waals surface area contributed by atoms with Gasteiger partial charge in [-0.1, -0.05) is 12.1 Å². The van der Waals surface area contributed by atoms with Gasteiger partial charge in [-0.25, -0.2) is 0 Å². The van der Waals surface area contributed by atoms with Crippen molar-refractivity contribution in [3.8, 4) is 0 Å². The third-order valence-electron chi connectivity index (χ3n) is 3.83. The number of alkyl halides is 3. The minimum Gasteiger partial charge on any atom is -0.388 e. The molecule has 7 heteroatoms. The minimum absolute atomic E-state index is 0.0853. The normalized spacial score (nSPS) is 37.1. The maximum absolute atomic E-state index is 12.8. The Morgan fingerprint density at radius 2 is 1.95 bits per heavy atom. The van der Waals surface area contributed by atoms with E-state index in [0.717, 1.165) is 12.1 Å². The van der Waals surface area contributed by atoms with Gasteiger partial charge in [0, 0.05) is 0 Å². The number of hydrogen-bond acceptors (Lipinski definition) is 4. The Bertz CT molecular complexity index is 519. The van der Waals surface area contributed by atoms with Crippen LogP contribution in [0, 0.1) is 0 Å². The minimum atomic E-state index is -4.48.